The molecule has 1 aromatic rings. The van der Waals surface area contributed by atoms with Crippen LogP contribution in [0, 0.1) is 6.92 Å². The topological polar surface area (TPSA) is 53.1 Å². The van der Waals surface area contributed by atoms with Gasteiger partial charge in [-0.2, -0.15) is 0 Å². The van der Waals surface area contributed by atoms with Crippen molar-refractivity contribution in [3.05, 3.63) is 11.9 Å². The Bertz CT molecular complexity index is 412. The summed E-state index contributed by atoms with van der Waals surface area (Å²) < 4.78 is 0. The molecule has 0 spiro atoms. The molecule has 0 amide bonds. The molecule has 0 aliphatic carbocycles. The second-order valence-corrected chi connectivity index (χ2v) is 5.63. The van der Waals surface area contributed by atoms with Crippen molar-refractivity contribution in [1.29, 1.82) is 0 Å². The van der Waals surface area contributed by atoms with Gasteiger partial charge in [0.1, 0.15) is 17.5 Å². The lowest BCUT2D eigenvalue weighted by Crippen LogP contribution is -2.35. The lowest BCUT2D eigenvalue weighted by Gasteiger charge is -2.23. The fourth-order valence-electron chi connectivity index (χ4n) is 2.45. The van der Waals surface area contributed by atoms with Crippen LogP contribution in [0.4, 0.5) is 11.6 Å². The molecule has 106 valence electrons. The van der Waals surface area contributed by atoms with Crippen molar-refractivity contribution in [2.45, 2.75) is 45.7 Å². The van der Waals surface area contributed by atoms with Gasteiger partial charge in [0.15, 0.2) is 0 Å². The van der Waals surface area contributed by atoms with Gasteiger partial charge in [-0.05, 0) is 40.2 Å². The van der Waals surface area contributed by atoms with Gasteiger partial charge in [-0.1, -0.05) is 0 Å². The summed E-state index contributed by atoms with van der Waals surface area (Å²) in [6, 6.07) is 2.99. The molecule has 2 heterocycles. The average Bonchev–Trinajstić information content (AvgIpc) is 2.80. The van der Waals surface area contributed by atoms with Crippen LogP contribution in [0.3, 0.4) is 0 Å². The highest BCUT2D eigenvalue weighted by Crippen LogP contribution is 2.17. The number of nitrogens with zero attached hydrogens (tertiary/aromatic N) is 3. The van der Waals surface area contributed by atoms with E-state index >= 15 is 0 Å². The predicted molar refractivity (Wildman–Crippen MR) is 79.8 cm³/mol. The Morgan fingerprint density at radius 2 is 2.26 bits per heavy atom. The first-order chi connectivity index (χ1) is 9.04. The average molecular weight is 263 g/mol. The molecule has 1 unspecified atom stereocenters. The van der Waals surface area contributed by atoms with E-state index in [1.807, 2.05) is 13.0 Å². The lowest BCUT2D eigenvalue weighted by atomic mass is 10.2. The minimum Gasteiger partial charge on any atom is -0.368 e. The Kier molecular flexibility index (Phi) is 4.58. The molecule has 19 heavy (non-hydrogen) atoms. The molecule has 2 rings (SSSR count). The van der Waals surface area contributed by atoms with E-state index in [0.29, 0.717) is 12.1 Å². The van der Waals surface area contributed by atoms with E-state index in [9.17, 15) is 0 Å². The van der Waals surface area contributed by atoms with Crippen molar-refractivity contribution >= 4 is 11.6 Å². The number of hydrogen-bond acceptors (Lipinski definition) is 5. The number of aromatic nitrogens is 2. The second kappa shape index (κ2) is 6.19. The van der Waals surface area contributed by atoms with Crippen LogP contribution in [0.15, 0.2) is 6.07 Å². The molecule has 0 aromatic carbocycles. The molecular weight excluding hydrogens is 238 g/mol. The number of rotatable bonds is 5. The number of anilines is 2. The zero-order valence-corrected chi connectivity index (χ0v) is 12.4. The van der Waals surface area contributed by atoms with Crippen molar-refractivity contribution in [1.82, 2.24) is 15.3 Å². The second-order valence-electron chi connectivity index (χ2n) is 5.63. The molecular formula is C14H25N5. The molecule has 0 radical (unpaired) electrons. The van der Waals surface area contributed by atoms with Gasteiger partial charge in [-0.15, -0.1) is 0 Å². The third-order valence-electron chi connectivity index (χ3n) is 3.31. The van der Waals surface area contributed by atoms with E-state index in [-0.39, 0.29) is 0 Å². The van der Waals surface area contributed by atoms with Crippen LogP contribution in [0.2, 0.25) is 0 Å². The summed E-state index contributed by atoms with van der Waals surface area (Å²) in [4.78, 5) is 11.2. The van der Waals surface area contributed by atoms with Gasteiger partial charge in [0.2, 0.25) is 0 Å². The Morgan fingerprint density at radius 1 is 1.47 bits per heavy atom. The zero-order chi connectivity index (χ0) is 13.8. The zero-order valence-electron chi connectivity index (χ0n) is 12.4. The molecule has 0 bridgehead atoms. The maximum atomic E-state index is 4.53. The van der Waals surface area contributed by atoms with Crippen LogP contribution in [0.25, 0.3) is 0 Å². The van der Waals surface area contributed by atoms with Gasteiger partial charge < -0.3 is 15.5 Å². The summed E-state index contributed by atoms with van der Waals surface area (Å²) in [6.07, 6.45) is 2.53. The molecule has 1 saturated heterocycles. The highest BCUT2D eigenvalue weighted by atomic mass is 15.2. The lowest BCUT2D eigenvalue weighted by molar-refractivity contribution is 0.597. The maximum absolute atomic E-state index is 4.53. The van der Waals surface area contributed by atoms with Gasteiger partial charge in [0.25, 0.3) is 0 Å². The Hall–Kier alpha value is -1.36. The third-order valence-corrected chi connectivity index (χ3v) is 3.31. The van der Waals surface area contributed by atoms with Gasteiger partial charge >= 0.3 is 0 Å². The molecule has 5 heteroatoms. The number of aryl methyl sites for hydroxylation is 1. The third kappa shape index (κ3) is 4.06. The monoisotopic (exact) mass is 263 g/mol. The van der Waals surface area contributed by atoms with Crippen LogP contribution in [0.1, 0.15) is 32.5 Å². The summed E-state index contributed by atoms with van der Waals surface area (Å²) in [5.74, 6) is 2.71. The van der Waals surface area contributed by atoms with Crippen molar-refractivity contribution in [3.63, 3.8) is 0 Å². The van der Waals surface area contributed by atoms with E-state index in [1.165, 1.54) is 12.8 Å². The first kappa shape index (κ1) is 14.1. The summed E-state index contributed by atoms with van der Waals surface area (Å²) in [5.41, 5.74) is 0. The standard InChI is InChI=1S/C14H25N5/c1-10(2)16-13-8-14(18-11(3)17-13)19(4)9-12-6-5-7-15-12/h8,10,12,15H,5-7,9H2,1-4H3,(H,16,17,18). The minimum atomic E-state index is 0.379. The van der Waals surface area contributed by atoms with E-state index in [1.54, 1.807) is 0 Å². The summed E-state index contributed by atoms with van der Waals surface area (Å²) in [7, 11) is 2.10. The van der Waals surface area contributed by atoms with Gasteiger partial charge in [0, 0.05) is 31.7 Å². The van der Waals surface area contributed by atoms with Crippen LogP contribution in [0.5, 0.6) is 0 Å². The van der Waals surface area contributed by atoms with Crippen LogP contribution < -0.4 is 15.5 Å². The number of nitrogens with one attached hydrogen (secondary N) is 2. The highest BCUT2D eigenvalue weighted by molar-refractivity contribution is 5.49. The largest absolute Gasteiger partial charge is 0.368 e. The van der Waals surface area contributed by atoms with Crippen molar-refractivity contribution in [2.24, 2.45) is 0 Å². The molecule has 1 aliphatic rings. The van der Waals surface area contributed by atoms with Crippen molar-refractivity contribution in [3.8, 4) is 0 Å². The quantitative estimate of drug-likeness (QED) is 0.848. The van der Waals surface area contributed by atoms with Crippen molar-refractivity contribution in [2.75, 3.05) is 30.4 Å². The van der Waals surface area contributed by atoms with E-state index in [4.69, 9.17) is 0 Å². The van der Waals surface area contributed by atoms with Crippen LogP contribution in [-0.2, 0) is 0 Å². The van der Waals surface area contributed by atoms with Gasteiger partial charge in [0.05, 0.1) is 0 Å². The van der Waals surface area contributed by atoms with E-state index in [2.05, 4.69) is 46.4 Å². The predicted octanol–water partition coefficient (Wildman–Crippen LogP) is 1.79. The summed E-state index contributed by atoms with van der Waals surface area (Å²) in [6.45, 7) is 8.31. The number of hydrogen-bond donors (Lipinski definition) is 2. The fourth-order valence-corrected chi connectivity index (χ4v) is 2.45. The molecule has 5 nitrogen and oxygen atoms in total. The Labute approximate surface area is 115 Å². The first-order valence-corrected chi connectivity index (χ1v) is 7.11. The summed E-state index contributed by atoms with van der Waals surface area (Å²) >= 11 is 0. The highest BCUT2D eigenvalue weighted by Gasteiger charge is 2.17. The molecule has 1 atom stereocenters. The smallest absolute Gasteiger partial charge is 0.134 e. The minimum absolute atomic E-state index is 0.379. The molecule has 2 N–H and O–H groups in total. The summed E-state index contributed by atoms with van der Waals surface area (Å²) in [5, 5.41) is 6.86. The molecule has 1 aliphatic heterocycles. The fraction of sp³-hybridized carbons (Fsp3) is 0.714. The molecule has 1 fully saturated rings. The van der Waals surface area contributed by atoms with Crippen molar-refractivity contribution < 1.29 is 0 Å². The van der Waals surface area contributed by atoms with Crippen LogP contribution in [-0.4, -0.2) is 42.2 Å². The Morgan fingerprint density at radius 3 is 2.89 bits per heavy atom. The Balaban J connectivity index is 2.06. The van der Waals surface area contributed by atoms with Crippen LogP contribution >= 0.6 is 0 Å². The molecule has 1 aromatic heterocycles. The SMILES string of the molecule is Cc1nc(NC(C)C)cc(N(C)CC2CCCN2)n1. The van der Waals surface area contributed by atoms with E-state index in [0.717, 1.165) is 30.5 Å². The maximum Gasteiger partial charge on any atom is 0.134 e. The molecule has 0 saturated carbocycles. The van der Waals surface area contributed by atoms with Gasteiger partial charge in [-0.25, -0.2) is 9.97 Å². The normalized spacial score (nSPS) is 18.9. The first-order valence-electron chi connectivity index (χ1n) is 7.11. The van der Waals surface area contributed by atoms with E-state index < -0.39 is 0 Å². The number of likely N-dealkylation sites (N-methyl/N-ethyl adjacent to an activating group) is 1. The van der Waals surface area contributed by atoms with Gasteiger partial charge in [-0.3, -0.25) is 0 Å².